The van der Waals surface area contributed by atoms with Crippen molar-refractivity contribution in [2.75, 3.05) is 63.9 Å². The Kier molecular flexibility index (Phi) is 5.86. The lowest BCUT2D eigenvalue weighted by molar-refractivity contribution is -0.136. The minimum absolute atomic E-state index is 0.00245. The molecule has 1 aromatic rings. The topological polar surface area (TPSA) is 76.6 Å². The Morgan fingerprint density at radius 1 is 1.14 bits per heavy atom. The molecule has 3 aliphatic heterocycles. The summed E-state index contributed by atoms with van der Waals surface area (Å²) < 4.78 is 18.9. The third-order valence-corrected chi connectivity index (χ3v) is 6.05. The predicted octanol–water partition coefficient (Wildman–Crippen LogP) is 0.362. The Balaban J connectivity index is 1.28. The van der Waals surface area contributed by atoms with Crippen molar-refractivity contribution in [3.8, 4) is 0 Å². The van der Waals surface area contributed by atoms with Gasteiger partial charge in [-0.15, -0.1) is 0 Å². The van der Waals surface area contributed by atoms with Crippen LogP contribution in [0.15, 0.2) is 24.3 Å². The molecule has 9 heteroatoms. The first-order valence-electron chi connectivity index (χ1n) is 10.1. The molecule has 0 unspecified atom stereocenters. The van der Waals surface area contributed by atoms with E-state index in [4.69, 9.17) is 4.74 Å². The van der Waals surface area contributed by atoms with Gasteiger partial charge in [-0.3, -0.25) is 14.6 Å². The largest absolute Gasteiger partial charge is 0.448 e. The highest BCUT2D eigenvalue weighted by Gasteiger charge is 2.36. The summed E-state index contributed by atoms with van der Waals surface area (Å²) in [5.74, 6) is -0.375. The molecule has 1 aromatic carbocycles. The molecule has 3 heterocycles. The number of nitrogens with zero attached hydrogens (tertiary/aromatic N) is 4. The average Bonchev–Trinajstić information content (AvgIpc) is 3.13. The Morgan fingerprint density at radius 2 is 1.90 bits per heavy atom. The molecule has 0 aliphatic carbocycles. The van der Waals surface area contributed by atoms with Gasteiger partial charge >= 0.3 is 6.09 Å². The number of anilines is 1. The molecule has 2 amide bonds. The van der Waals surface area contributed by atoms with E-state index in [2.05, 4.69) is 4.90 Å². The third kappa shape index (κ3) is 4.30. The monoisotopic (exact) mass is 406 g/mol. The molecule has 0 radical (unpaired) electrons. The summed E-state index contributed by atoms with van der Waals surface area (Å²) in [7, 11) is 0. The van der Waals surface area contributed by atoms with Crippen molar-refractivity contribution >= 4 is 17.7 Å². The number of ether oxygens (including phenoxy) is 1. The van der Waals surface area contributed by atoms with Crippen molar-refractivity contribution in [3.63, 3.8) is 0 Å². The number of para-hydroxylation sites is 1. The van der Waals surface area contributed by atoms with Gasteiger partial charge in [0.05, 0.1) is 18.3 Å². The fourth-order valence-corrected chi connectivity index (χ4v) is 4.41. The zero-order valence-corrected chi connectivity index (χ0v) is 16.4. The summed E-state index contributed by atoms with van der Waals surface area (Å²) in [6, 6.07) is 6.77. The number of amides is 2. The van der Waals surface area contributed by atoms with E-state index >= 15 is 0 Å². The highest BCUT2D eigenvalue weighted by atomic mass is 19.1. The molecular formula is C20H27FN4O4. The zero-order valence-electron chi connectivity index (χ0n) is 16.4. The van der Waals surface area contributed by atoms with Gasteiger partial charge in [0.1, 0.15) is 19.0 Å². The molecular weight excluding hydrogens is 379 g/mol. The van der Waals surface area contributed by atoms with E-state index in [1.807, 2.05) is 11.0 Å². The third-order valence-electron chi connectivity index (χ3n) is 6.05. The molecule has 0 saturated carbocycles. The molecule has 0 aromatic heterocycles. The maximum atomic E-state index is 14.0. The lowest BCUT2D eigenvalue weighted by atomic mass is 9.99. The second kappa shape index (κ2) is 8.54. The molecule has 0 spiro atoms. The molecule has 3 saturated heterocycles. The molecule has 158 valence electrons. The molecule has 4 rings (SSSR count). The molecule has 8 nitrogen and oxygen atoms in total. The van der Waals surface area contributed by atoms with Gasteiger partial charge in [-0.2, -0.15) is 0 Å². The van der Waals surface area contributed by atoms with Crippen LogP contribution in [0.4, 0.5) is 14.9 Å². The number of β-amino-alcohol motifs (C(OH)–C–C–N with tert-alkyl or cyclic N) is 1. The van der Waals surface area contributed by atoms with Crippen LogP contribution in [0.25, 0.3) is 0 Å². The molecule has 0 bridgehead atoms. The Morgan fingerprint density at radius 3 is 2.55 bits per heavy atom. The Hall–Kier alpha value is -2.39. The number of halogens is 1. The number of hydrogen-bond acceptors (Lipinski definition) is 6. The molecule has 3 aliphatic rings. The molecule has 2 atom stereocenters. The number of benzene rings is 1. The van der Waals surface area contributed by atoms with E-state index in [9.17, 15) is 19.1 Å². The minimum atomic E-state index is -0.641. The first-order chi connectivity index (χ1) is 14.0. The SMILES string of the molecule is O=C(CN1CCOC1=O)N1CC[C@@H](N2CCN(c3ccccc3F)CC2)[C@H](O)C1. The summed E-state index contributed by atoms with van der Waals surface area (Å²) in [4.78, 5) is 31.3. The maximum Gasteiger partial charge on any atom is 0.410 e. The number of aliphatic hydroxyl groups is 1. The molecule has 3 fully saturated rings. The van der Waals surface area contributed by atoms with E-state index in [-0.39, 0.29) is 30.9 Å². The number of carbonyl (C=O) groups excluding carboxylic acids is 2. The zero-order chi connectivity index (χ0) is 20.4. The van der Waals surface area contributed by atoms with Crippen molar-refractivity contribution in [1.29, 1.82) is 0 Å². The normalized spacial score (nSPS) is 26.0. The van der Waals surface area contributed by atoms with Gasteiger partial charge in [0.15, 0.2) is 0 Å². The van der Waals surface area contributed by atoms with Crippen molar-refractivity contribution in [1.82, 2.24) is 14.7 Å². The summed E-state index contributed by atoms with van der Waals surface area (Å²) in [6.07, 6.45) is -0.420. The van der Waals surface area contributed by atoms with Gasteiger partial charge in [0.25, 0.3) is 0 Å². The fourth-order valence-electron chi connectivity index (χ4n) is 4.41. The van der Waals surface area contributed by atoms with Crippen LogP contribution >= 0.6 is 0 Å². The highest BCUT2D eigenvalue weighted by Crippen LogP contribution is 2.24. The van der Waals surface area contributed by atoms with E-state index in [0.717, 1.165) is 13.1 Å². The number of rotatable bonds is 4. The second-order valence-electron chi connectivity index (χ2n) is 7.77. The van der Waals surface area contributed by atoms with Gasteiger partial charge in [-0.05, 0) is 18.6 Å². The number of cyclic esters (lactones) is 1. The van der Waals surface area contributed by atoms with Crippen molar-refractivity contribution < 1.29 is 23.8 Å². The predicted molar refractivity (Wildman–Crippen MR) is 104 cm³/mol. The first kappa shape index (κ1) is 19.9. The summed E-state index contributed by atoms with van der Waals surface area (Å²) in [5, 5.41) is 10.7. The smallest absolute Gasteiger partial charge is 0.410 e. The standard InChI is InChI=1S/C20H27FN4O4/c21-15-3-1-2-4-16(15)22-7-9-23(10-8-22)17-5-6-24(13-18(17)26)19(27)14-25-11-12-29-20(25)28/h1-4,17-18,26H,5-14H2/t17-,18-/m1/s1. The number of likely N-dealkylation sites (tertiary alicyclic amines) is 1. The number of piperidine rings is 1. The average molecular weight is 406 g/mol. The summed E-state index contributed by atoms with van der Waals surface area (Å²) in [6.45, 7) is 4.43. The lowest BCUT2D eigenvalue weighted by Gasteiger charge is -2.45. The first-order valence-corrected chi connectivity index (χ1v) is 10.1. The van der Waals surface area contributed by atoms with Crippen molar-refractivity contribution in [2.45, 2.75) is 18.6 Å². The highest BCUT2D eigenvalue weighted by molar-refractivity contribution is 5.83. The Labute approximate surface area is 169 Å². The van der Waals surface area contributed by atoms with Crippen LogP contribution in [-0.4, -0.2) is 103 Å². The number of hydrogen-bond donors (Lipinski definition) is 1. The maximum absolute atomic E-state index is 14.0. The molecule has 29 heavy (non-hydrogen) atoms. The van der Waals surface area contributed by atoms with Crippen LogP contribution in [0.3, 0.4) is 0 Å². The van der Waals surface area contributed by atoms with Crippen LogP contribution in [-0.2, 0) is 9.53 Å². The van der Waals surface area contributed by atoms with Crippen LogP contribution in [0.5, 0.6) is 0 Å². The van der Waals surface area contributed by atoms with Crippen LogP contribution in [0.1, 0.15) is 6.42 Å². The van der Waals surface area contributed by atoms with E-state index in [1.54, 1.807) is 17.0 Å². The molecule has 1 N–H and O–H groups in total. The van der Waals surface area contributed by atoms with Gasteiger partial charge < -0.3 is 19.6 Å². The Bertz CT molecular complexity index is 756. The van der Waals surface area contributed by atoms with Gasteiger partial charge in [0, 0.05) is 45.3 Å². The van der Waals surface area contributed by atoms with Crippen LogP contribution < -0.4 is 4.90 Å². The van der Waals surface area contributed by atoms with Gasteiger partial charge in [0.2, 0.25) is 5.91 Å². The van der Waals surface area contributed by atoms with Crippen LogP contribution in [0, 0.1) is 5.82 Å². The second-order valence-corrected chi connectivity index (χ2v) is 7.77. The minimum Gasteiger partial charge on any atom is -0.448 e. The fraction of sp³-hybridized carbons (Fsp3) is 0.600. The van der Waals surface area contributed by atoms with Crippen molar-refractivity contribution in [2.24, 2.45) is 0 Å². The van der Waals surface area contributed by atoms with Gasteiger partial charge in [-0.25, -0.2) is 9.18 Å². The summed E-state index contributed by atoms with van der Waals surface area (Å²) >= 11 is 0. The number of carbonyl (C=O) groups is 2. The van der Waals surface area contributed by atoms with Gasteiger partial charge in [-0.1, -0.05) is 12.1 Å². The van der Waals surface area contributed by atoms with E-state index < -0.39 is 12.2 Å². The number of piperazine rings is 1. The lowest BCUT2D eigenvalue weighted by Crippen LogP contribution is -2.60. The van der Waals surface area contributed by atoms with Crippen molar-refractivity contribution in [3.05, 3.63) is 30.1 Å². The van der Waals surface area contributed by atoms with Crippen LogP contribution in [0.2, 0.25) is 0 Å². The van der Waals surface area contributed by atoms with E-state index in [1.165, 1.54) is 11.0 Å². The summed E-state index contributed by atoms with van der Waals surface area (Å²) in [5.41, 5.74) is 0.619. The van der Waals surface area contributed by atoms with E-state index in [0.29, 0.717) is 44.9 Å². The quantitative estimate of drug-likeness (QED) is 0.778. The number of aliphatic hydroxyl groups excluding tert-OH is 1.